The van der Waals surface area contributed by atoms with Crippen molar-refractivity contribution in [1.82, 2.24) is 4.98 Å². The van der Waals surface area contributed by atoms with Crippen molar-refractivity contribution in [3.63, 3.8) is 0 Å². The molecule has 8 nitrogen and oxygen atoms in total. The van der Waals surface area contributed by atoms with Crippen LogP contribution in [-0.2, 0) is 9.59 Å². The maximum absolute atomic E-state index is 12.6. The summed E-state index contributed by atoms with van der Waals surface area (Å²) in [5, 5.41) is 2.34. The van der Waals surface area contributed by atoms with E-state index in [0.717, 1.165) is 5.56 Å². The lowest BCUT2D eigenvalue weighted by atomic mass is 10.1. The third kappa shape index (κ3) is 6.05. The van der Waals surface area contributed by atoms with E-state index < -0.39 is 11.9 Å². The Morgan fingerprint density at radius 2 is 1.52 bits per heavy atom. The van der Waals surface area contributed by atoms with E-state index in [2.05, 4.69) is 4.98 Å². The number of hydrogen-bond acceptors (Lipinski definition) is 9. The second-order valence-corrected chi connectivity index (χ2v) is 7.56. The van der Waals surface area contributed by atoms with Gasteiger partial charge in [-0.15, -0.1) is 11.3 Å². The zero-order valence-corrected chi connectivity index (χ0v) is 19.2. The zero-order chi connectivity index (χ0) is 24.0. The van der Waals surface area contributed by atoms with Gasteiger partial charge in [0, 0.05) is 24.8 Å². The van der Waals surface area contributed by atoms with Crippen LogP contribution in [0.5, 0.6) is 23.0 Å². The van der Waals surface area contributed by atoms with E-state index >= 15 is 0 Å². The number of carbonyl (C=O) groups excluding carboxylic acids is 3. The van der Waals surface area contributed by atoms with Crippen molar-refractivity contribution in [2.45, 2.75) is 13.8 Å². The van der Waals surface area contributed by atoms with Crippen LogP contribution < -0.4 is 18.9 Å². The SMILES string of the molecule is COc1ccc(-c2nc(C(=O)C=Cc3ccc(OC(C)=O)c(OC(C)=O)c3)cs2)cc1OC. The van der Waals surface area contributed by atoms with Gasteiger partial charge in [0.2, 0.25) is 5.78 Å². The van der Waals surface area contributed by atoms with Gasteiger partial charge in [-0.3, -0.25) is 14.4 Å². The molecule has 0 amide bonds. The van der Waals surface area contributed by atoms with Crippen LogP contribution in [0.1, 0.15) is 29.9 Å². The summed E-state index contributed by atoms with van der Waals surface area (Å²) >= 11 is 1.33. The summed E-state index contributed by atoms with van der Waals surface area (Å²) in [6.45, 7) is 2.48. The molecule has 0 aliphatic heterocycles. The van der Waals surface area contributed by atoms with Crippen LogP contribution in [0.3, 0.4) is 0 Å². The standard InChI is InChI=1S/C24H21NO7S/c1-14(26)31-21-9-6-16(11-23(21)32-15(2)27)5-8-19(28)18-13-33-24(25-18)17-7-10-20(29-3)22(12-17)30-4/h5-13H,1-4H3. The lowest BCUT2D eigenvalue weighted by molar-refractivity contribution is -0.134. The Morgan fingerprint density at radius 3 is 2.18 bits per heavy atom. The van der Waals surface area contributed by atoms with E-state index in [4.69, 9.17) is 18.9 Å². The molecule has 0 atom stereocenters. The van der Waals surface area contributed by atoms with Crippen LogP contribution in [0, 0.1) is 0 Å². The number of hydrogen-bond donors (Lipinski definition) is 0. The molecule has 0 radical (unpaired) electrons. The van der Waals surface area contributed by atoms with Crippen molar-refractivity contribution >= 4 is 35.1 Å². The third-order valence-corrected chi connectivity index (χ3v) is 5.18. The van der Waals surface area contributed by atoms with Gasteiger partial charge in [-0.1, -0.05) is 12.1 Å². The number of esters is 2. The molecule has 0 bridgehead atoms. The van der Waals surface area contributed by atoms with Crippen LogP contribution in [0.4, 0.5) is 0 Å². The van der Waals surface area contributed by atoms with Crippen molar-refractivity contribution in [3.8, 4) is 33.6 Å². The Labute approximate surface area is 194 Å². The van der Waals surface area contributed by atoms with Gasteiger partial charge in [0.05, 0.1) is 14.2 Å². The topological polar surface area (TPSA) is 101 Å². The summed E-state index contributed by atoms with van der Waals surface area (Å²) < 4.78 is 20.7. The van der Waals surface area contributed by atoms with E-state index in [0.29, 0.717) is 22.1 Å². The van der Waals surface area contributed by atoms with Gasteiger partial charge in [0.15, 0.2) is 23.0 Å². The quantitative estimate of drug-likeness (QED) is 0.205. The van der Waals surface area contributed by atoms with Crippen molar-refractivity contribution in [2.24, 2.45) is 0 Å². The van der Waals surface area contributed by atoms with Gasteiger partial charge in [-0.05, 0) is 42.0 Å². The summed E-state index contributed by atoms with van der Waals surface area (Å²) in [5.74, 6) is -0.0434. The Kier molecular flexibility index (Phi) is 7.57. The molecule has 0 aliphatic carbocycles. The monoisotopic (exact) mass is 467 g/mol. The van der Waals surface area contributed by atoms with Gasteiger partial charge in [0.25, 0.3) is 0 Å². The summed E-state index contributed by atoms with van der Waals surface area (Å²) in [7, 11) is 3.11. The molecule has 0 saturated heterocycles. The van der Waals surface area contributed by atoms with Crippen molar-refractivity contribution in [3.05, 3.63) is 59.1 Å². The van der Waals surface area contributed by atoms with Gasteiger partial charge in [-0.2, -0.15) is 0 Å². The number of thiazole rings is 1. The molecule has 3 aromatic rings. The molecule has 0 unspecified atom stereocenters. The highest BCUT2D eigenvalue weighted by molar-refractivity contribution is 7.13. The fraction of sp³-hybridized carbons (Fsp3) is 0.167. The average molecular weight is 467 g/mol. The number of allylic oxidation sites excluding steroid dienone is 1. The molecule has 1 heterocycles. The summed E-state index contributed by atoms with van der Waals surface area (Å²) in [4.78, 5) is 39.6. The van der Waals surface area contributed by atoms with Crippen LogP contribution in [-0.4, -0.2) is 36.9 Å². The lowest BCUT2D eigenvalue weighted by Crippen LogP contribution is -2.07. The predicted octanol–water partition coefficient (Wildman–Crippen LogP) is 4.57. The lowest BCUT2D eigenvalue weighted by Gasteiger charge is -2.09. The minimum Gasteiger partial charge on any atom is -0.493 e. The molecule has 1 aromatic heterocycles. The highest BCUT2D eigenvalue weighted by atomic mass is 32.1. The first-order chi connectivity index (χ1) is 15.8. The molecule has 0 saturated carbocycles. The van der Waals surface area contributed by atoms with Crippen LogP contribution >= 0.6 is 11.3 Å². The number of methoxy groups -OCH3 is 2. The normalized spacial score (nSPS) is 10.7. The molecule has 0 fully saturated rings. The Balaban J connectivity index is 1.79. The van der Waals surface area contributed by atoms with Gasteiger partial charge in [0.1, 0.15) is 10.7 Å². The van der Waals surface area contributed by atoms with Crippen molar-refractivity contribution in [2.75, 3.05) is 14.2 Å². The summed E-state index contributed by atoms with van der Waals surface area (Å²) in [6.07, 6.45) is 2.92. The molecule has 0 spiro atoms. The average Bonchev–Trinajstić information content (AvgIpc) is 3.28. The molecular formula is C24H21NO7S. The second-order valence-electron chi connectivity index (χ2n) is 6.70. The van der Waals surface area contributed by atoms with Crippen molar-refractivity contribution in [1.29, 1.82) is 0 Å². The molecule has 2 aromatic carbocycles. The Morgan fingerprint density at radius 1 is 0.848 bits per heavy atom. The maximum Gasteiger partial charge on any atom is 0.308 e. The van der Waals surface area contributed by atoms with Crippen LogP contribution in [0.25, 0.3) is 16.6 Å². The van der Waals surface area contributed by atoms with E-state index in [9.17, 15) is 14.4 Å². The highest BCUT2D eigenvalue weighted by Crippen LogP contribution is 2.34. The Hall–Kier alpha value is -3.98. The number of ketones is 1. The second kappa shape index (κ2) is 10.6. The summed E-state index contributed by atoms with van der Waals surface area (Å²) in [5.41, 5.74) is 1.66. The molecule has 9 heteroatoms. The Bertz CT molecular complexity index is 1230. The minimum atomic E-state index is -0.564. The van der Waals surface area contributed by atoms with Crippen LogP contribution in [0.15, 0.2) is 47.9 Å². The van der Waals surface area contributed by atoms with Gasteiger partial charge < -0.3 is 18.9 Å². The number of rotatable bonds is 8. The molecule has 170 valence electrons. The highest BCUT2D eigenvalue weighted by Gasteiger charge is 2.13. The predicted molar refractivity (Wildman–Crippen MR) is 123 cm³/mol. The summed E-state index contributed by atoms with van der Waals surface area (Å²) in [6, 6.07) is 10.0. The maximum atomic E-state index is 12.6. The van der Waals surface area contributed by atoms with Crippen LogP contribution in [0.2, 0.25) is 0 Å². The number of carbonyl (C=O) groups is 3. The zero-order valence-electron chi connectivity index (χ0n) is 18.4. The molecule has 33 heavy (non-hydrogen) atoms. The van der Waals surface area contributed by atoms with Gasteiger partial charge >= 0.3 is 11.9 Å². The fourth-order valence-electron chi connectivity index (χ4n) is 2.85. The van der Waals surface area contributed by atoms with Crippen molar-refractivity contribution < 1.29 is 33.3 Å². The number of nitrogens with zero attached hydrogens (tertiary/aromatic N) is 1. The minimum absolute atomic E-state index is 0.0803. The van der Waals surface area contributed by atoms with E-state index in [1.54, 1.807) is 43.9 Å². The molecule has 0 N–H and O–H groups in total. The molecular weight excluding hydrogens is 446 g/mol. The molecule has 0 aliphatic rings. The van der Waals surface area contributed by atoms with Gasteiger partial charge in [-0.25, -0.2) is 4.98 Å². The van der Waals surface area contributed by atoms with E-state index in [-0.39, 0.29) is 23.0 Å². The number of aromatic nitrogens is 1. The molecule has 3 rings (SSSR count). The third-order valence-electron chi connectivity index (χ3n) is 4.29. The van der Waals surface area contributed by atoms with E-state index in [1.165, 1.54) is 43.4 Å². The first-order valence-electron chi connectivity index (χ1n) is 9.72. The number of ether oxygens (including phenoxy) is 4. The fourth-order valence-corrected chi connectivity index (χ4v) is 3.65. The first-order valence-corrected chi connectivity index (χ1v) is 10.6. The number of benzene rings is 2. The smallest absolute Gasteiger partial charge is 0.308 e. The van der Waals surface area contributed by atoms with E-state index in [1.807, 2.05) is 6.07 Å². The first kappa shape index (κ1) is 23.7. The largest absolute Gasteiger partial charge is 0.493 e.